The zero-order valence-electron chi connectivity index (χ0n) is 17.0. The highest BCUT2D eigenvalue weighted by molar-refractivity contribution is 7.89. The predicted octanol–water partition coefficient (Wildman–Crippen LogP) is 2.83. The second-order valence-electron chi connectivity index (χ2n) is 7.36. The molecule has 1 N–H and O–H groups in total. The average Bonchev–Trinajstić information content (AvgIpc) is 3.22. The number of rotatable bonds is 7. The van der Waals surface area contributed by atoms with Crippen molar-refractivity contribution in [1.29, 1.82) is 0 Å². The van der Waals surface area contributed by atoms with E-state index in [4.69, 9.17) is 9.26 Å². The monoisotopic (exact) mass is 446 g/mol. The third-order valence-corrected chi connectivity index (χ3v) is 6.63. The number of ether oxygens (including phenoxy) is 1. The first-order valence-corrected chi connectivity index (χ1v) is 11.4. The van der Waals surface area contributed by atoms with Gasteiger partial charge in [-0.1, -0.05) is 23.4 Å². The van der Waals surface area contributed by atoms with Crippen LogP contribution < -0.4 is 9.46 Å². The number of nitrogens with one attached hydrogen (secondary N) is 1. The van der Waals surface area contributed by atoms with Gasteiger partial charge in [0.2, 0.25) is 21.7 Å². The molecule has 8 nitrogen and oxygen atoms in total. The summed E-state index contributed by atoms with van der Waals surface area (Å²) < 4.78 is 52.0. The molecule has 0 aliphatic carbocycles. The number of hydrogen-bond donors (Lipinski definition) is 1. The fourth-order valence-electron chi connectivity index (χ4n) is 3.67. The molecule has 10 heteroatoms. The van der Waals surface area contributed by atoms with Gasteiger partial charge in [-0.15, -0.1) is 0 Å². The quantitative estimate of drug-likeness (QED) is 0.596. The van der Waals surface area contributed by atoms with Crippen molar-refractivity contribution in [3.8, 4) is 17.1 Å². The van der Waals surface area contributed by atoms with E-state index in [0.29, 0.717) is 37.0 Å². The number of benzene rings is 2. The van der Waals surface area contributed by atoms with Crippen LogP contribution in [0.2, 0.25) is 0 Å². The molecule has 164 valence electrons. The Morgan fingerprint density at radius 2 is 2.10 bits per heavy atom. The van der Waals surface area contributed by atoms with Gasteiger partial charge >= 0.3 is 0 Å². The molecule has 4 rings (SSSR count). The van der Waals surface area contributed by atoms with Crippen LogP contribution in [0.5, 0.6) is 5.75 Å². The van der Waals surface area contributed by atoms with E-state index in [0.717, 1.165) is 24.6 Å². The Morgan fingerprint density at radius 1 is 1.26 bits per heavy atom. The molecule has 3 aromatic rings. The molecular formula is C21H23FN4O4S. The van der Waals surface area contributed by atoms with Crippen molar-refractivity contribution in [2.24, 2.45) is 0 Å². The molecule has 2 aromatic carbocycles. The topological polar surface area (TPSA) is 97.6 Å². The van der Waals surface area contributed by atoms with Gasteiger partial charge in [-0.05, 0) is 49.7 Å². The second kappa shape index (κ2) is 9.13. The average molecular weight is 447 g/mol. The molecular weight excluding hydrogens is 423 g/mol. The smallest absolute Gasteiger partial charge is 0.241 e. The Hall–Kier alpha value is -2.82. The van der Waals surface area contributed by atoms with Crippen LogP contribution in [0, 0.1) is 5.82 Å². The van der Waals surface area contributed by atoms with Gasteiger partial charge in [0.1, 0.15) is 11.6 Å². The lowest BCUT2D eigenvalue weighted by Crippen LogP contribution is -2.47. The number of methoxy groups -OCH3 is 1. The van der Waals surface area contributed by atoms with Gasteiger partial charge in [0, 0.05) is 12.6 Å². The van der Waals surface area contributed by atoms with Crippen LogP contribution in [0.25, 0.3) is 11.4 Å². The number of piperidine rings is 1. The van der Waals surface area contributed by atoms with Crippen molar-refractivity contribution >= 4 is 10.0 Å². The van der Waals surface area contributed by atoms with Gasteiger partial charge < -0.3 is 9.26 Å². The molecule has 1 aliphatic heterocycles. The van der Waals surface area contributed by atoms with Crippen LogP contribution in [-0.4, -0.2) is 49.7 Å². The van der Waals surface area contributed by atoms with E-state index in [9.17, 15) is 12.8 Å². The molecule has 1 atom stereocenters. The van der Waals surface area contributed by atoms with Gasteiger partial charge in [0.25, 0.3) is 0 Å². The fraction of sp³-hybridized carbons (Fsp3) is 0.333. The molecule has 2 heterocycles. The summed E-state index contributed by atoms with van der Waals surface area (Å²) in [7, 11) is -2.22. The van der Waals surface area contributed by atoms with E-state index in [1.54, 1.807) is 7.11 Å². The van der Waals surface area contributed by atoms with Crippen molar-refractivity contribution in [2.75, 3.05) is 20.2 Å². The normalized spacial score (nSPS) is 17.5. The van der Waals surface area contributed by atoms with Gasteiger partial charge in [-0.2, -0.15) is 4.98 Å². The third kappa shape index (κ3) is 5.09. The first-order valence-electron chi connectivity index (χ1n) is 9.91. The van der Waals surface area contributed by atoms with Gasteiger partial charge in [-0.3, -0.25) is 4.90 Å². The summed E-state index contributed by atoms with van der Waals surface area (Å²) in [5, 5.41) is 4.05. The lowest BCUT2D eigenvalue weighted by Gasteiger charge is -2.31. The molecule has 0 bridgehead atoms. The maximum atomic E-state index is 13.4. The summed E-state index contributed by atoms with van der Waals surface area (Å²) >= 11 is 0. The lowest BCUT2D eigenvalue weighted by molar-refractivity contribution is 0.173. The summed E-state index contributed by atoms with van der Waals surface area (Å²) in [5.41, 5.74) is 0.736. The van der Waals surface area contributed by atoms with E-state index in [1.807, 2.05) is 24.3 Å². The van der Waals surface area contributed by atoms with Gasteiger partial charge in [0.05, 0.1) is 24.1 Å². The zero-order chi connectivity index (χ0) is 21.8. The number of halogens is 1. The van der Waals surface area contributed by atoms with Gasteiger partial charge in [-0.25, -0.2) is 17.5 Å². The Balaban J connectivity index is 1.41. The predicted molar refractivity (Wildman–Crippen MR) is 111 cm³/mol. The molecule has 0 radical (unpaired) electrons. The summed E-state index contributed by atoms with van der Waals surface area (Å²) in [4.78, 5) is 6.44. The minimum atomic E-state index is -3.80. The van der Waals surface area contributed by atoms with E-state index >= 15 is 0 Å². The molecule has 0 spiro atoms. The summed E-state index contributed by atoms with van der Waals surface area (Å²) in [6, 6.07) is 12.1. The fourth-order valence-corrected chi connectivity index (χ4v) is 4.96. The number of hydrogen-bond acceptors (Lipinski definition) is 7. The number of nitrogens with zero attached hydrogens (tertiary/aromatic N) is 3. The van der Waals surface area contributed by atoms with E-state index in [1.165, 1.54) is 18.2 Å². The Kier molecular flexibility index (Phi) is 6.30. The highest BCUT2D eigenvalue weighted by atomic mass is 32.2. The standard InChI is InChI=1S/C21H23FN4O4S/c1-29-19-10-3-2-9-18(19)21-23-20(30-24-21)14-26-11-5-7-16(13-26)25-31(27,28)17-8-4-6-15(22)12-17/h2-4,6,8-10,12,16,25H,5,7,11,13-14H2,1H3. The molecule has 1 aromatic heterocycles. The summed E-state index contributed by atoms with van der Waals surface area (Å²) in [5.74, 6) is 0.942. The van der Waals surface area contributed by atoms with Crippen molar-refractivity contribution in [1.82, 2.24) is 19.8 Å². The molecule has 0 saturated carbocycles. The van der Waals surface area contributed by atoms with Crippen LogP contribution in [0.1, 0.15) is 18.7 Å². The number of aromatic nitrogens is 2. The minimum Gasteiger partial charge on any atom is -0.496 e. The maximum Gasteiger partial charge on any atom is 0.241 e. The molecule has 31 heavy (non-hydrogen) atoms. The lowest BCUT2D eigenvalue weighted by atomic mass is 10.1. The van der Waals surface area contributed by atoms with Crippen molar-refractivity contribution in [2.45, 2.75) is 30.3 Å². The molecule has 1 saturated heterocycles. The van der Waals surface area contributed by atoms with Crippen LogP contribution >= 0.6 is 0 Å². The summed E-state index contributed by atoms with van der Waals surface area (Å²) in [6.07, 6.45) is 1.51. The van der Waals surface area contributed by atoms with Crippen LogP contribution in [0.4, 0.5) is 4.39 Å². The van der Waals surface area contributed by atoms with Crippen molar-refractivity contribution in [3.63, 3.8) is 0 Å². The Morgan fingerprint density at radius 3 is 2.90 bits per heavy atom. The number of para-hydroxylation sites is 1. The van der Waals surface area contributed by atoms with E-state index in [-0.39, 0.29) is 10.9 Å². The van der Waals surface area contributed by atoms with Crippen LogP contribution in [-0.2, 0) is 16.6 Å². The Bertz CT molecular complexity index is 1150. The van der Waals surface area contributed by atoms with Crippen molar-refractivity contribution < 1.29 is 22.1 Å². The zero-order valence-corrected chi connectivity index (χ0v) is 17.8. The molecule has 0 amide bonds. The van der Waals surface area contributed by atoms with E-state index < -0.39 is 15.8 Å². The number of sulfonamides is 1. The van der Waals surface area contributed by atoms with Crippen molar-refractivity contribution in [3.05, 3.63) is 60.2 Å². The van der Waals surface area contributed by atoms with E-state index in [2.05, 4.69) is 19.8 Å². The van der Waals surface area contributed by atoms with Crippen LogP contribution in [0.15, 0.2) is 57.9 Å². The molecule has 1 fully saturated rings. The Labute approximate surface area is 180 Å². The second-order valence-corrected chi connectivity index (χ2v) is 9.08. The minimum absolute atomic E-state index is 0.0806. The summed E-state index contributed by atoms with van der Waals surface area (Å²) in [6.45, 7) is 1.67. The molecule has 1 aliphatic rings. The SMILES string of the molecule is COc1ccccc1-c1noc(CN2CCCC(NS(=O)(=O)c3cccc(F)c3)C2)n1. The maximum absolute atomic E-state index is 13.4. The van der Waals surface area contributed by atoms with Gasteiger partial charge in [0.15, 0.2) is 0 Å². The first-order chi connectivity index (χ1) is 14.9. The number of likely N-dealkylation sites (tertiary alicyclic amines) is 1. The highest BCUT2D eigenvalue weighted by Crippen LogP contribution is 2.27. The first kappa shape index (κ1) is 21.4. The molecule has 1 unspecified atom stereocenters. The largest absolute Gasteiger partial charge is 0.496 e. The highest BCUT2D eigenvalue weighted by Gasteiger charge is 2.26. The van der Waals surface area contributed by atoms with Crippen LogP contribution in [0.3, 0.4) is 0 Å². The third-order valence-electron chi connectivity index (χ3n) is 5.11.